The summed E-state index contributed by atoms with van der Waals surface area (Å²) in [5.41, 5.74) is 2.00. The molecule has 0 unspecified atom stereocenters. The van der Waals surface area contributed by atoms with Gasteiger partial charge in [0, 0.05) is 11.1 Å². The van der Waals surface area contributed by atoms with Crippen LogP contribution in [-0.4, -0.2) is 14.2 Å². The second-order valence-electron chi connectivity index (χ2n) is 3.80. The molecule has 92 valence electrons. The zero-order valence-electron chi connectivity index (χ0n) is 10.6. The van der Waals surface area contributed by atoms with E-state index in [0.29, 0.717) is 0 Å². The molecular formula is C16H16O2. The van der Waals surface area contributed by atoms with Gasteiger partial charge in [0.1, 0.15) is 0 Å². The first kappa shape index (κ1) is 12.2. The molecule has 2 aromatic carbocycles. The Labute approximate surface area is 107 Å². The maximum atomic E-state index is 5.50. The van der Waals surface area contributed by atoms with Crippen molar-refractivity contribution in [1.29, 1.82) is 0 Å². The molecule has 2 nitrogen and oxygen atoms in total. The van der Waals surface area contributed by atoms with Crippen LogP contribution in [0.3, 0.4) is 0 Å². The van der Waals surface area contributed by atoms with Crippen molar-refractivity contribution in [3.63, 3.8) is 0 Å². The third-order valence-electron chi connectivity index (χ3n) is 2.69. The van der Waals surface area contributed by atoms with Gasteiger partial charge < -0.3 is 9.47 Å². The summed E-state index contributed by atoms with van der Waals surface area (Å²) in [5.74, 6) is 1.48. The van der Waals surface area contributed by atoms with Crippen molar-refractivity contribution < 1.29 is 9.47 Å². The van der Waals surface area contributed by atoms with Gasteiger partial charge in [-0.3, -0.25) is 0 Å². The molecule has 0 aliphatic rings. The highest BCUT2D eigenvalue weighted by Gasteiger charge is 2.12. The summed E-state index contributed by atoms with van der Waals surface area (Å²) in [5, 5.41) is 0. The Morgan fingerprint density at radius 1 is 0.611 bits per heavy atom. The topological polar surface area (TPSA) is 18.5 Å². The minimum absolute atomic E-state index is 0.740. The van der Waals surface area contributed by atoms with Crippen LogP contribution in [0.25, 0.3) is 11.5 Å². The van der Waals surface area contributed by atoms with E-state index < -0.39 is 0 Å². The Hall–Kier alpha value is -2.22. The Morgan fingerprint density at radius 2 is 0.944 bits per heavy atom. The molecule has 0 atom stereocenters. The van der Waals surface area contributed by atoms with Crippen LogP contribution in [0.5, 0.6) is 0 Å². The summed E-state index contributed by atoms with van der Waals surface area (Å²) in [4.78, 5) is 0. The molecule has 0 N–H and O–H groups in total. The number of hydrogen-bond acceptors (Lipinski definition) is 2. The largest absolute Gasteiger partial charge is 0.492 e. The van der Waals surface area contributed by atoms with E-state index in [1.165, 1.54) is 0 Å². The number of benzene rings is 2. The van der Waals surface area contributed by atoms with E-state index in [1.54, 1.807) is 14.2 Å². The van der Waals surface area contributed by atoms with E-state index in [-0.39, 0.29) is 0 Å². The van der Waals surface area contributed by atoms with Crippen molar-refractivity contribution in [3.8, 4) is 0 Å². The SMILES string of the molecule is CO/C(=C(/OC)c1ccccc1)c1ccccc1. The summed E-state index contributed by atoms with van der Waals surface area (Å²) in [7, 11) is 3.31. The quantitative estimate of drug-likeness (QED) is 0.597. The van der Waals surface area contributed by atoms with Gasteiger partial charge in [-0.15, -0.1) is 0 Å². The average Bonchev–Trinajstić information content (AvgIpc) is 2.46. The number of hydrogen-bond donors (Lipinski definition) is 0. The molecule has 0 bridgehead atoms. The summed E-state index contributed by atoms with van der Waals surface area (Å²) in [6.45, 7) is 0. The van der Waals surface area contributed by atoms with E-state index in [9.17, 15) is 0 Å². The second-order valence-corrected chi connectivity index (χ2v) is 3.80. The molecule has 0 aromatic heterocycles. The van der Waals surface area contributed by atoms with E-state index in [0.717, 1.165) is 22.6 Å². The fourth-order valence-electron chi connectivity index (χ4n) is 1.86. The molecule has 0 fully saturated rings. The van der Waals surface area contributed by atoms with Crippen LogP contribution in [0, 0.1) is 0 Å². The molecule has 0 heterocycles. The van der Waals surface area contributed by atoms with Crippen LogP contribution in [0.4, 0.5) is 0 Å². The summed E-state index contributed by atoms with van der Waals surface area (Å²) < 4.78 is 11.0. The minimum atomic E-state index is 0.740. The average molecular weight is 240 g/mol. The lowest BCUT2D eigenvalue weighted by Crippen LogP contribution is -1.96. The zero-order valence-corrected chi connectivity index (χ0v) is 10.6. The van der Waals surface area contributed by atoms with Crippen LogP contribution in [0.15, 0.2) is 60.7 Å². The fraction of sp³-hybridized carbons (Fsp3) is 0.125. The van der Waals surface area contributed by atoms with Gasteiger partial charge in [0.05, 0.1) is 14.2 Å². The molecule has 0 spiro atoms. The lowest BCUT2D eigenvalue weighted by Gasteiger charge is -2.13. The van der Waals surface area contributed by atoms with Gasteiger partial charge >= 0.3 is 0 Å². The Morgan fingerprint density at radius 3 is 1.22 bits per heavy atom. The minimum Gasteiger partial charge on any atom is -0.492 e. The Balaban J connectivity index is 2.53. The van der Waals surface area contributed by atoms with Gasteiger partial charge in [-0.2, -0.15) is 0 Å². The summed E-state index contributed by atoms with van der Waals surface area (Å²) in [6, 6.07) is 19.9. The van der Waals surface area contributed by atoms with Crippen molar-refractivity contribution in [2.75, 3.05) is 14.2 Å². The number of rotatable bonds is 4. The zero-order chi connectivity index (χ0) is 12.8. The molecule has 0 aliphatic heterocycles. The van der Waals surface area contributed by atoms with Crippen molar-refractivity contribution in [2.24, 2.45) is 0 Å². The molecule has 2 rings (SSSR count). The highest BCUT2D eigenvalue weighted by molar-refractivity contribution is 5.83. The Kier molecular flexibility index (Phi) is 4.02. The number of methoxy groups -OCH3 is 2. The predicted octanol–water partition coefficient (Wildman–Crippen LogP) is 3.81. The first-order valence-electron chi connectivity index (χ1n) is 5.80. The normalized spacial score (nSPS) is 11.7. The van der Waals surface area contributed by atoms with Crippen LogP contribution in [0.1, 0.15) is 11.1 Å². The van der Waals surface area contributed by atoms with Crippen molar-refractivity contribution in [1.82, 2.24) is 0 Å². The molecular weight excluding hydrogens is 224 g/mol. The maximum Gasteiger partial charge on any atom is 0.168 e. The third-order valence-corrected chi connectivity index (χ3v) is 2.69. The molecule has 0 saturated heterocycles. The van der Waals surface area contributed by atoms with Gasteiger partial charge in [-0.05, 0) is 0 Å². The van der Waals surface area contributed by atoms with E-state index in [2.05, 4.69) is 0 Å². The van der Waals surface area contributed by atoms with Gasteiger partial charge in [0.25, 0.3) is 0 Å². The van der Waals surface area contributed by atoms with Gasteiger partial charge in [0.2, 0.25) is 0 Å². The predicted molar refractivity (Wildman–Crippen MR) is 73.7 cm³/mol. The standard InChI is InChI=1S/C16H16O2/c1-17-15(13-9-5-3-6-10-13)16(18-2)14-11-7-4-8-12-14/h3-12H,1-2H3/b16-15+. The first-order chi connectivity index (χ1) is 8.86. The monoisotopic (exact) mass is 240 g/mol. The van der Waals surface area contributed by atoms with Gasteiger partial charge in [0.15, 0.2) is 11.5 Å². The molecule has 0 aliphatic carbocycles. The summed E-state index contributed by atoms with van der Waals surface area (Å²) in [6.07, 6.45) is 0. The fourth-order valence-corrected chi connectivity index (χ4v) is 1.86. The first-order valence-corrected chi connectivity index (χ1v) is 5.80. The van der Waals surface area contributed by atoms with Gasteiger partial charge in [-0.25, -0.2) is 0 Å². The lowest BCUT2D eigenvalue weighted by molar-refractivity contribution is 0.328. The van der Waals surface area contributed by atoms with Crippen LogP contribution < -0.4 is 0 Å². The molecule has 2 aromatic rings. The van der Waals surface area contributed by atoms with Crippen LogP contribution in [0.2, 0.25) is 0 Å². The van der Waals surface area contributed by atoms with E-state index >= 15 is 0 Å². The van der Waals surface area contributed by atoms with Crippen molar-refractivity contribution in [3.05, 3.63) is 71.8 Å². The second kappa shape index (κ2) is 5.92. The van der Waals surface area contributed by atoms with Crippen molar-refractivity contribution >= 4 is 11.5 Å². The third kappa shape index (κ3) is 2.54. The van der Waals surface area contributed by atoms with Crippen LogP contribution >= 0.6 is 0 Å². The smallest absolute Gasteiger partial charge is 0.168 e. The molecule has 0 saturated carbocycles. The molecule has 0 radical (unpaired) electrons. The van der Waals surface area contributed by atoms with Crippen molar-refractivity contribution in [2.45, 2.75) is 0 Å². The maximum absolute atomic E-state index is 5.50. The Bertz CT molecular complexity index is 466. The van der Waals surface area contributed by atoms with Crippen LogP contribution in [-0.2, 0) is 9.47 Å². The van der Waals surface area contributed by atoms with E-state index in [1.807, 2.05) is 60.7 Å². The lowest BCUT2D eigenvalue weighted by atomic mass is 10.1. The molecule has 2 heteroatoms. The highest BCUT2D eigenvalue weighted by atomic mass is 16.5. The summed E-state index contributed by atoms with van der Waals surface area (Å²) >= 11 is 0. The molecule has 0 amide bonds. The van der Waals surface area contributed by atoms with E-state index in [4.69, 9.17) is 9.47 Å². The number of ether oxygens (including phenoxy) is 2. The van der Waals surface area contributed by atoms with Gasteiger partial charge in [-0.1, -0.05) is 60.7 Å². The molecule has 18 heavy (non-hydrogen) atoms. The highest BCUT2D eigenvalue weighted by Crippen LogP contribution is 2.27.